The molecule has 0 bridgehead atoms. The van der Waals surface area contributed by atoms with E-state index in [-0.39, 0.29) is 11.8 Å². The van der Waals surface area contributed by atoms with Crippen LogP contribution in [0.5, 0.6) is 0 Å². The van der Waals surface area contributed by atoms with Gasteiger partial charge in [-0.05, 0) is 43.7 Å². The van der Waals surface area contributed by atoms with E-state index < -0.39 is 5.97 Å². The van der Waals surface area contributed by atoms with Crippen LogP contribution in [0.4, 0.5) is 0 Å². The lowest BCUT2D eigenvalue weighted by Crippen LogP contribution is -2.21. The molecule has 2 aromatic heterocycles. The number of hydrogen-bond donors (Lipinski definition) is 2. The van der Waals surface area contributed by atoms with Crippen molar-refractivity contribution in [2.75, 3.05) is 6.54 Å². The van der Waals surface area contributed by atoms with Crippen LogP contribution in [0.15, 0.2) is 41.1 Å². The Bertz CT molecular complexity index is 537. The largest absolute Gasteiger partial charge is 0.475 e. The Morgan fingerprint density at radius 3 is 2.95 bits per heavy atom. The molecular formula is C14H16N2O3. The van der Waals surface area contributed by atoms with E-state index in [2.05, 4.69) is 10.3 Å². The van der Waals surface area contributed by atoms with Crippen molar-refractivity contribution in [2.24, 2.45) is 0 Å². The highest BCUT2D eigenvalue weighted by molar-refractivity contribution is 5.84. The van der Waals surface area contributed by atoms with E-state index in [0.29, 0.717) is 5.76 Å². The minimum Gasteiger partial charge on any atom is -0.475 e. The smallest absolute Gasteiger partial charge is 0.371 e. The molecule has 0 saturated carbocycles. The first-order valence-corrected chi connectivity index (χ1v) is 6.12. The van der Waals surface area contributed by atoms with Crippen molar-refractivity contribution in [2.45, 2.75) is 19.4 Å². The fourth-order valence-electron chi connectivity index (χ4n) is 1.78. The summed E-state index contributed by atoms with van der Waals surface area (Å²) >= 11 is 0. The average Bonchev–Trinajstić information content (AvgIpc) is 2.89. The molecule has 5 nitrogen and oxygen atoms in total. The third-order valence-corrected chi connectivity index (χ3v) is 2.85. The zero-order chi connectivity index (χ0) is 13.7. The summed E-state index contributed by atoms with van der Waals surface area (Å²) in [4.78, 5) is 14.8. The molecule has 2 rings (SSSR count). The summed E-state index contributed by atoms with van der Waals surface area (Å²) in [6.07, 6.45) is 4.45. The number of rotatable bonds is 6. The van der Waals surface area contributed by atoms with Crippen LogP contribution in [0.25, 0.3) is 0 Å². The van der Waals surface area contributed by atoms with Gasteiger partial charge in [-0.1, -0.05) is 6.07 Å². The Balaban J connectivity index is 1.83. The Labute approximate surface area is 111 Å². The summed E-state index contributed by atoms with van der Waals surface area (Å²) < 4.78 is 5.24. The van der Waals surface area contributed by atoms with E-state index in [1.54, 1.807) is 12.3 Å². The summed E-state index contributed by atoms with van der Waals surface area (Å²) in [6.45, 7) is 2.71. The van der Waals surface area contributed by atoms with E-state index in [9.17, 15) is 4.79 Å². The lowest BCUT2D eigenvalue weighted by Gasteiger charge is -2.10. The predicted octanol–water partition coefficient (Wildman–Crippen LogP) is 2.27. The van der Waals surface area contributed by atoms with Crippen LogP contribution in [-0.2, 0) is 6.42 Å². The van der Waals surface area contributed by atoms with E-state index in [0.717, 1.165) is 18.5 Å². The van der Waals surface area contributed by atoms with Gasteiger partial charge in [0.15, 0.2) is 0 Å². The standard InChI is InChI=1S/C14H16N2O3/c1-10(12-4-5-13(19-12)14(17)18)16-8-6-11-3-2-7-15-9-11/h2-5,7,9-10,16H,6,8H2,1H3,(H,17,18). The first kappa shape index (κ1) is 13.3. The van der Waals surface area contributed by atoms with Crippen LogP contribution >= 0.6 is 0 Å². The molecule has 19 heavy (non-hydrogen) atoms. The molecule has 2 N–H and O–H groups in total. The molecule has 0 saturated heterocycles. The summed E-state index contributed by atoms with van der Waals surface area (Å²) in [7, 11) is 0. The van der Waals surface area contributed by atoms with E-state index in [1.165, 1.54) is 6.07 Å². The van der Waals surface area contributed by atoms with Gasteiger partial charge in [-0.15, -0.1) is 0 Å². The minimum absolute atomic E-state index is 0.0234. The van der Waals surface area contributed by atoms with Crippen molar-refractivity contribution < 1.29 is 14.3 Å². The number of furan rings is 1. The first-order valence-electron chi connectivity index (χ1n) is 6.12. The molecule has 5 heteroatoms. The number of carboxylic acids is 1. The van der Waals surface area contributed by atoms with Gasteiger partial charge in [0.05, 0.1) is 6.04 Å². The van der Waals surface area contributed by atoms with Crippen molar-refractivity contribution in [3.05, 3.63) is 53.7 Å². The van der Waals surface area contributed by atoms with E-state index >= 15 is 0 Å². The molecule has 2 aromatic rings. The number of aromatic nitrogens is 1. The van der Waals surface area contributed by atoms with Gasteiger partial charge >= 0.3 is 5.97 Å². The van der Waals surface area contributed by atoms with Gasteiger partial charge in [-0.25, -0.2) is 4.79 Å². The fraction of sp³-hybridized carbons (Fsp3) is 0.286. The van der Waals surface area contributed by atoms with Crippen LogP contribution in [-0.4, -0.2) is 22.6 Å². The molecule has 2 heterocycles. The van der Waals surface area contributed by atoms with Gasteiger partial charge in [0.2, 0.25) is 5.76 Å². The van der Waals surface area contributed by atoms with E-state index in [4.69, 9.17) is 9.52 Å². The van der Waals surface area contributed by atoms with Crippen LogP contribution < -0.4 is 5.32 Å². The molecule has 1 atom stereocenters. The highest BCUT2D eigenvalue weighted by Crippen LogP contribution is 2.16. The zero-order valence-electron chi connectivity index (χ0n) is 10.7. The number of pyridine rings is 1. The second kappa shape index (κ2) is 6.15. The quantitative estimate of drug-likeness (QED) is 0.833. The Morgan fingerprint density at radius 2 is 2.32 bits per heavy atom. The van der Waals surface area contributed by atoms with Gasteiger partial charge < -0.3 is 14.8 Å². The van der Waals surface area contributed by atoms with Crippen LogP contribution in [0, 0.1) is 0 Å². The van der Waals surface area contributed by atoms with Crippen molar-refractivity contribution >= 4 is 5.97 Å². The van der Waals surface area contributed by atoms with Crippen LogP contribution in [0.1, 0.15) is 34.8 Å². The number of hydrogen-bond acceptors (Lipinski definition) is 4. The van der Waals surface area contributed by atoms with Gasteiger partial charge in [0, 0.05) is 12.4 Å². The summed E-state index contributed by atoms with van der Waals surface area (Å²) in [5, 5.41) is 12.1. The van der Waals surface area contributed by atoms with Gasteiger partial charge in [0.1, 0.15) is 5.76 Å². The second-order valence-electron chi connectivity index (χ2n) is 4.29. The Morgan fingerprint density at radius 1 is 1.47 bits per heavy atom. The third kappa shape index (κ3) is 3.66. The Kier molecular flexibility index (Phi) is 4.30. The first-order chi connectivity index (χ1) is 9.16. The Hall–Kier alpha value is -2.14. The number of aromatic carboxylic acids is 1. The minimum atomic E-state index is -1.05. The summed E-state index contributed by atoms with van der Waals surface area (Å²) in [5.41, 5.74) is 1.16. The van der Waals surface area contributed by atoms with Gasteiger partial charge in [0.25, 0.3) is 0 Å². The number of nitrogens with one attached hydrogen (secondary N) is 1. The third-order valence-electron chi connectivity index (χ3n) is 2.85. The molecule has 0 aliphatic heterocycles. The van der Waals surface area contributed by atoms with E-state index in [1.807, 2.05) is 25.3 Å². The predicted molar refractivity (Wildman–Crippen MR) is 70.0 cm³/mol. The molecule has 0 amide bonds. The lowest BCUT2D eigenvalue weighted by atomic mass is 10.2. The van der Waals surface area contributed by atoms with Crippen molar-refractivity contribution in [1.29, 1.82) is 0 Å². The molecule has 100 valence electrons. The number of carboxylic acid groups (broad SMARTS) is 1. The summed E-state index contributed by atoms with van der Waals surface area (Å²) in [6, 6.07) is 7.06. The van der Waals surface area contributed by atoms with Crippen LogP contribution in [0.2, 0.25) is 0 Å². The lowest BCUT2D eigenvalue weighted by molar-refractivity contribution is 0.0659. The fourth-order valence-corrected chi connectivity index (χ4v) is 1.78. The molecular weight excluding hydrogens is 244 g/mol. The van der Waals surface area contributed by atoms with Gasteiger partial charge in [-0.2, -0.15) is 0 Å². The van der Waals surface area contributed by atoms with Gasteiger partial charge in [-0.3, -0.25) is 4.98 Å². The zero-order valence-corrected chi connectivity index (χ0v) is 10.7. The van der Waals surface area contributed by atoms with Crippen LogP contribution in [0.3, 0.4) is 0 Å². The second-order valence-corrected chi connectivity index (χ2v) is 4.29. The van der Waals surface area contributed by atoms with Crippen molar-refractivity contribution in [3.8, 4) is 0 Å². The highest BCUT2D eigenvalue weighted by Gasteiger charge is 2.13. The maximum Gasteiger partial charge on any atom is 0.371 e. The normalized spacial score (nSPS) is 12.3. The monoisotopic (exact) mass is 260 g/mol. The highest BCUT2D eigenvalue weighted by atomic mass is 16.4. The molecule has 0 aromatic carbocycles. The SMILES string of the molecule is CC(NCCc1cccnc1)c1ccc(C(=O)O)o1. The topological polar surface area (TPSA) is 75.4 Å². The number of carbonyl (C=O) groups is 1. The van der Waals surface area contributed by atoms with Crippen molar-refractivity contribution in [3.63, 3.8) is 0 Å². The molecule has 0 aliphatic carbocycles. The molecule has 1 unspecified atom stereocenters. The maximum atomic E-state index is 10.7. The molecule has 0 aliphatic rings. The number of nitrogens with zero attached hydrogens (tertiary/aromatic N) is 1. The molecule has 0 spiro atoms. The molecule has 0 fully saturated rings. The summed E-state index contributed by atoms with van der Waals surface area (Å²) in [5.74, 6) is -0.451. The molecule has 0 radical (unpaired) electrons. The van der Waals surface area contributed by atoms with Crippen molar-refractivity contribution in [1.82, 2.24) is 10.3 Å². The average molecular weight is 260 g/mol. The maximum absolute atomic E-state index is 10.7.